The minimum atomic E-state index is -4.32. The van der Waals surface area contributed by atoms with E-state index in [-0.39, 0.29) is 12.2 Å². The van der Waals surface area contributed by atoms with E-state index in [1.165, 1.54) is 0 Å². The third-order valence-corrected chi connectivity index (χ3v) is 3.20. The molecule has 0 aliphatic heterocycles. The van der Waals surface area contributed by atoms with Crippen molar-refractivity contribution < 1.29 is 22.3 Å². The molecule has 90 valence electrons. The van der Waals surface area contributed by atoms with Gasteiger partial charge in [0.05, 0.1) is 6.61 Å². The molecule has 5 nitrogen and oxygen atoms in total. The fourth-order valence-electron chi connectivity index (χ4n) is 1.09. The van der Waals surface area contributed by atoms with Crippen molar-refractivity contribution in [1.29, 1.82) is 0 Å². The number of hydrogen-bond donors (Lipinski definition) is 3. The van der Waals surface area contributed by atoms with E-state index in [0.29, 0.717) is 12.1 Å². The van der Waals surface area contributed by atoms with E-state index in [4.69, 9.17) is 10.8 Å². The number of halogens is 2. The Hall–Kier alpha value is -1.25. The van der Waals surface area contributed by atoms with Crippen LogP contribution in [0.1, 0.15) is 0 Å². The van der Waals surface area contributed by atoms with Gasteiger partial charge >= 0.3 is 0 Å². The smallest absolute Gasteiger partial charge is 0.246 e. The van der Waals surface area contributed by atoms with Crippen molar-refractivity contribution in [3.63, 3.8) is 0 Å². The molecule has 0 aromatic heterocycles. The summed E-state index contributed by atoms with van der Waals surface area (Å²) in [6.45, 7) is -0.803. The molecule has 4 N–H and O–H groups in total. The van der Waals surface area contributed by atoms with Crippen LogP contribution in [0.2, 0.25) is 0 Å². The van der Waals surface area contributed by atoms with E-state index < -0.39 is 33.2 Å². The van der Waals surface area contributed by atoms with E-state index in [1.807, 2.05) is 4.72 Å². The predicted molar refractivity (Wildman–Crippen MR) is 53.0 cm³/mol. The number of nitrogens with two attached hydrogens (primary N) is 1. The number of benzene rings is 1. The Kier molecular flexibility index (Phi) is 3.79. The van der Waals surface area contributed by atoms with Gasteiger partial charge in [-0.25, -0.2) is 21.9 Å². The first-order valence-electron chi connectivity index (χ1n) is 4.23. The van der Waals surface area contributed by atoms with Crippen molar-refractivity contribution in [2.75, 3.05) is 18.9 Å². The SMILES string of the molecule is Nc1cc(F)c(S(=O)(=O)NCCO)c(F)c1. The van der Waals surface area contributed by atoms with Gasteiger partial charge in [-0.3, -0.25) is 0 Å². The summed E-state index contributed by atoms with van der Waals surface area (Å²) in [5.41, 5.74) is 4.92. The van der Waals surface area contributed by atoms with Gasteiger partial charge in [0, 0.05) is 12.2 Å². The molecule has 1 rings (SSSR count). The lowest BCUT2D eigenvalue weighted by molar-refractivity contribution is 0.300. The fraction of sp³-hybridized carbons (Fsp3) is 0.250. The third-order valence-electron chi connectivity index (χ3n) is 1.69. The minimum Gasteiger partial charge on any atom is -0.399 e. The Morgan fingerprint density at radius 2 is 1.81 bits per heavy atom. The second kappa shape index (κ2) is 4.73. The van der Waals surface area contributed by atoms with Crippen LogP contribution in [0.25, 0.3) is 0 Å². The standard InChI is InChI=1S/C8H10F2N2O3S/c9-6-3-5(11)4-7(10)8(6)16(14,15)12-1-2-13/h3-4,12-13H,1-2,11H2. The Morgan fingerprint density at radius 3 is 2.25 bits per heavy atom. The van der Waals surface area contributed by atoms with Crippen molar-refractivity contribution in [2.24, 2.45) is 0 Å². The summed E-state index contributed by atoms with van der Waals surface area (Å²) in [6, 6.07) is 1.41. The Morgan fingerprint density at radius 1 is 1.31 bits per heavy atom. The average molecular weight is 252 g/mol. The van der Waals surface area contributed by atoms with Gasteiger partial charge in [-0.2, -0.15) is 0 Å². The maximum atomic E-state index is 13.2. The predicted octanol–water partition coefficient (Wildman–Crippen LogP) is -0.182. The second-order valence-electron chi connectivity index (χ2n) is 2.94. The quantitative estimate of drug-likeness (QED) is 0.648. The molecule has 0 fully saturated rings. The monoisotopic (exact) mass is 252 g/mol. The summed E-state index contributed by atoms with van der Waals surface area (Å²) < 4.78 is 51.1. The van der Waals surface area contributed by atoms with Gasteiger partial charge in [0.15, 0.2) is 4.90 Å². The number of hydrogen-bond acceptors (Lipinski definition) is 4. The van der Waals surface area contributed by atoms with Gasteiger partial charge in [-0.05, 0) is 12.1 Å². The van der Waals surface area contributed by atoms with Crippen LogP contribution in [0, 0.1) is 11.6 Å². The molecule has 8 heteroatoms. The van der Waals surface area contributed by atoms with Crippen LogP contribution in [0.5, 0.6) is 0 Å². The number of aliphatic hydroxyl groups excluding tert-OH is 1. The first-order chi connectivity index (χ1) is 7.38. The molecule has 0 saturated carbocycles. The summed E-state index contributed by atoms with van der Waals surface area (Å²) in [5.74, 6) is -2.55. The maximum absolute atomic E-state index is 13.2. The van der Waals surface area contributed by atoms with Crippen LogP contribution < -0.4 is 10.5 Å². The van der Waals surface area contributed by atoms with E-state index in [2.05, 4.69) is 0 Å². The number of anilines is 1. The molecule has 0 bridgehead atoms. The Balaban J connectivity index is 3.23. The first kappa shape index (κ1) is 12.8. The van der Waals surface area contributed by atoms with Crippen LogP contribution >= 0.6 is 0 Å². The van der Waals surface area contributed by atoms with Crippen molar-refractivity contribution in [2.45, 2.75) is 4.90 Å². The lowest BCUT2D eigenvalue weighted by Gasteiger charge is -2.08. The maximum Gasteiger partial charge on any atom is 0.246 e. The third kappa shape index (κ3) is 2.65. The summed E-state index contributed by atoms with van der Waals surface area (Å²) in [4.78, 5) is -1.10. The number of rotatable bonds is 4. The zero-order chi connectivity index (χ0) is 12.3. The number of sulfonamides is 1. The van der Waals surface area contributed by atoms with Crippen LogP contribution in [-0.2, 0) is 10.0 Å². The number of nitrogen functional groups attached to an aromatic ring is 1. The van der Waals surface area contributed by atoms with Crippen LogP contribution in [0.3, 0.4) is 0 Å². The van der Waals surface area contributed by atoms with E-state index in [0.717, 1.165) is 0 Å². The van der Waals surface area contributed by atoms with Crippen molar-refractivity contribution in [3.8, 4) is 0 Å². The molecule has 0 aliphatic carbocycles. The molecule has 0 saturated heterocycles. The summed E-state index contributed by atoms with van der Waals surface area (Å²) >= 11 is 0. The largest absolute Gasteiger partial charge is 0.399 e. The first-order valence-corrected chi connectivity index (χ1v) is 5.72. The Labute approximate surface area is 90.9 Å². The molecule has 0 radical (unpaired) electrons. The van der Waals surface area contributed by atoms with Gasteiger partial charge in [0.1, 0.15) is 11.6 Å². The summed E-state index contributed by atoms with van der Waals surface area (Å²) in [6.07, 6.45) is 0. The molecule has 0 heterocycles. The van der Waals surface area contributed by atoms with Gasteiger partial charge in [0.25, 0.3) is 0 Å². The molecular formula is C8H10F2N2O3S. The van der Waals surface area contributed by atoms with Gasteiger partial charge in [-0.15, -0.1) is 0 Å². The zero-order valence-corrected chi connectivity index (χ0v) is 8.89. The van der Waals surface area contributed by atoms with Crippen LogP contribution in [0.4, 0.5) is 14.5 Å². The molecule has 0 spiro atoms. The zero-order valence-electron chi connectivity index (χ0n) is 8.07. The highest BCUT2D eigenvalue weighted by Gasteiger charge is 2.23. The van der Waals surface area contributed by atoms with E-state index in [1.54, 1.807) is 0 Å². The summed E-state index contributed by atoms with van der Waals surface area (Å²) in [5, 5.41) is 8.42. The molecular weight excluding hydrogens is 242 g/mol. The van der Waals surface area contributed by atoms with E-state index >= 15 is 0 Å². The molecule has 16 heavy (non-hydrogen) atoms. The minimum absolute atomic E-state index is 0.212. The average Bonchev–Trinajstić information content (AvgIpc) is 2.12. The van der Waals surface area contributed by atoms with E-state index in [9.17, 15) is 17.2 Å². The molecule has 0 unspecified atom stereocenters. The second-order valence-corrected chi connectivity index (χ2v) is 4.64. The molecule has 0 atom stereocenters. The van der Waals surface area contributed by atoms with Gasteiger partial charge < -0.3 is 10.8 Å². The highest BCUT2D eigenvalue weighted by atomic mass is 32.2. The molecule has 1 aromatic carbocycles. The van der Waals surface area contributed by atoms with Crippen LogP contribution in [0.15, 0.2) is 17.0 Å². The van der Waals surface area contributed by atoms with Crippen molar-refractivity contribution in [3.05, 3.63) is 23.8 Å². The Bertz CT molecular complexity index is 467. The number of nitrogens with one attached hydrogen (secondary N) is 1. The fourth-order valence-corrected chi connectivity index (χ4v) is 2.22. The van der Waals surface area contributed by atoms with Gasteiger partial charge in [0.2, 0.25) is 10.0 Å². The lowest BCUT2D eigenvalue weighted by Crippen LogP contribution is -2.28. The topological polar surface area (TPSA) is 92.4 Å². The van der Waals surface area contributed by atoms with Crippen molar-refractivity contribution in [1.82, 2.24) is 4.72 Å². The number of aliphatic hydroxyl groups is 1. The van der Waals surface area contributed by atoms with Crippen molar-refractivity contribution >= 4 is 15.7 Å². The molecule has 0 amide bonds. The van der Waals surface area contributed by atoms with Crippen LogP contribution in [-0.4, -0.2) is 26.7 Å². The normalized spacial score (nSPS) is 11.7. The van der Waals surface area contributed by atoms with Gasteiger partial charge in [-0.1, -0.05) is 0 Å². The highest BCUT2D eigenvalue weighted by Crippen LogP contribution is 2.21. The molecule has 0 aliphatic rings. The molecule has 1 aromatic rings. The highest BCUT2D eigenvalue weighted by molar-refractivity contribution is 7.89. The summed E-state index contributed by atoms with van der Waals surface area (Å²) in [7, 11) is -4.32. The lowest BCUT2D eigenvalue weighted by atomic mass is 10.3.